The first-order valence-corrected chi connectivity index (χ1v) is 7.77. The lowest BCUT2D eigenvalue weighted by atomic mass is 10.1. The van der Waals surface area contributed by atoms with Crippen LogP contribution in [-0.4, -0.2) is 33.4 Å². The Hall–Kier alpha value is -2.02. The van der Waals surface area contributed by atoms with E-state index in [1.54, 1.807) is 0 Å². The molecule has 112 valence electrons. The molecule has 2 aromatic rings. The van der Waals surface area contributed by atoms with Gasteiger partial charge in [-0.25, -0.2) is 5.10 Å². The molecule has 0 spiro atoms. The van der Waals surface area contributed by atoms with Crippen molar-refractivity contribution in [2.45, 2.75) is 25.4 Å². The fourth-order valence-electron chi connectivity index (χ4n) is 1.74. The number of carbonyl (C=O) groups excluding carboxylic acids is 1. The van der Waals surface area contributed by atoms with Crippen LogP contribution in [0.1, 0.15) is 19.4 Å². The number of para-hydroxylation sites is 1. The molecule has 0 bridgehead atoms. The van der Waals surface area contributed by atoms with Gasteiger partial charge in [0.25, 0.3) is 5.91 Å². The van der Waals surface area contributed by atoms with E-state index in [0.29, 0.717) is 11.1 Å². The predicted molar refractivity (Wildman–Crippen MR) is 82.7 cm³/mol. The lowest BCUT2D eigenvalue weighted by molar-refractivity contribution is -0.118. The Morgan fingerprint density at radius 1 is 1.38 bits per heavy atom. The van der Waals surface area contributed by atoms with Gasteiger partial charge in [-0.2, -0.15) is 4.98 Å². The molecular formula is C14H18N4O2S. The summed E-state index contributed by atoms with van der Waals surface area (Å²) in [6.45, 7) is 4.00. The highest BCUT2D eigenvalue weighted by Crippen LogP contribution is 2.18. The Bertz CT molecular complexity index is 600. The minimum Gasteiger partial charge on any atom is -0.483 e. The Morgan fingerprint density at radius 3 is 2.95 bits per heavy atom. The molecule has 0 fully saturated rings. The predicted octanol–water partition coefficient (Wildman–Crippen LogP) is 2.50. The number of thioether (sulfide) groups is 1. The number of hydrogen-bond donors (Lipinski definition) is 2. The maximum atomic E-state index is 11.8. The minimum absolute atomic E-state index is 0.0615. The molecule has 1 heterocycles. The molecule has 1 aromatic heterocycles. The first kappa shape index (κ1) is 15.4. The van der Waals surface area contributed by atoms with Crippen LogP contribution in [0.4, 0.5) is 5.95 Å². The number of nitrogens with zero attached hydrogens (tertiary/aromatic N) is 2. The van der Waals surface area contributed by atoms with Gasteiger partial charge in [0.05, 0.1) is 0 Å². The van der Waals surface area contributed by atoms with Crippen molar-refractivity contribution in [1.29, 1.82) is 0 Å². The van der Waals surface area contributed by atoms with Crippen LogP contribution >= 0.6 is 11.8 Å². The third-order valence-electron chi connectivity index (χ3n) is 2.71. The van der Waals surface area contributed by atoms with Gasteiger partial charge < -0.3 is 4.74 Å². The molecule has 0 aliphatic carbocycles. The molecule has 0 atom stereocenters. The Labute approximate surface area is 127 Å². The molecule has 1 aromatic carbocycles. The number of aromatic amines is 1. The number of amides is 1. The van der Waals surface area contributed by atoms with Crippen molar-refractivity contribution >= 4 is 23.6 Å². The fraction of sp³-hybridized carbons (Fsp3) is 0.357. The van der Waals surface area contributed by atoms with Gasteiger partial charge in [0.15, 0.2) is 6.61 Å². The third-order valence-corrected chi connectivity index (χ3v) is 3.44. The zero-order valence-corrected chi connectivity index (χ0v) is 12.9. The van der Waals surface area contributed by atoms with E-state index in [-0.39, 0.29) is 12.5 Å². The molecule has 1 amide bonds. The van der Waals surface area contributed by atoms with Gasteiger partial charge in [-0.3, -0.25) is 10.1 Å². The molecular weight excluding hydrogens is 288 g/mol. The van der Waals surface area contributed by atoms with Gasteiger partial charge in [-0.15, -0.1) is 5.10 Å². The van der Waals surface area contributed by atoms with Gasteiger partial charge in [0.2, 0.25) is 11.1 Å². The zero-order valence-electron chi connectivity index (χ0n) is 12.0. The number of anilines is 1. The lowest BCUT2D eigenvalue weighted by Crippen LogP contribution is -2.21. The summed E-state index contributed by atoms with van der Waals surface area (Å²) in [7, 11) is 0. The number of H-pyrrole nitrogens is 1. The van der Waals surface area contributed by atoms with Crippen molar-refractivity contribution in [2.24, 2.45) is 0 Å². The molecule has 2 rings (SSSR count). The second kappa shape index (κ2) is 7.68. The Balaban J connectivity index is 1.86. The van der Waals surface area contributed by atoms with E-state index < -0.39 is 0 Å². The largest absolute Gasteiger partial charge is 0.483 e. The normalized spacial score (nSPS) is 10.4. The van der Waals surface area contributed by atoms with Crippen LogP contribution in [0.2, 0.25) is 0 Å². The van der Waals surface area contributed by atoms with E-state index in [2.05, 4.69) is 20.5 Å². The molecule has 2 N–H and O–H groups in total. The fourth-order valence-corrected chi connectivity index (χ4v) is 2.27. The van der Waals surface area contributed by atoms with Crippen molar-refractivity contribution in [3.8, 4) is 5.75 Å². The highest BCUT2D eigenvalue weighted by molar-refractivity contribution is 7.99. The average molecular weight is 306 g/mol. The summed E-state index contributed by atoms with van der Waals surface area (Å²) in [4.78, 5) is 16.0. The van der Waals surface area contributed by atoms with E-state index in [1.807, 2.05) is 38.1 Å². The van der Waals surface area contributed by atoms with E-state index in [4.69, 9.17) is 4.74 Å². The number of carbonyl (C=O) groups is 1. The van der Waals surface area contributed by atoms with Gasteiger partial charge in [-0.1, -0.05) is 43.8 Å². The zero-order chi connectivity index (χ0) is 15.1. The summed E-state index contributed by atoms with van der Waals surface area (Å²) in [6.07, 6.45) is 0.859. The van der Waals surface area contributed by atoms with Crippen molar-refractivity contribution in [3.05, 3.63) is 29.8 Å². The van der Waals surface area contributed by atoms with Crippen molar-refractivity contribution < 1.29 is 9.53 Å². The number of hydrogen-bond acceptors (Lipinski definition) is 5. The van der Waals surface area contributed by atoms with Crippen LogP contribution in [0.5, 0.6) is 5.75 Å². The number of aromatic nitrogens is 3. The van der Waals surface area contributed by atoms with Crippen molar-refractivity contribution in [3.63, 3.8) is 0 Å². The van der Waals surface area contributed by atoms with Gasteiger partial charge in [0, 0.05) is 0 Å². The standard InChI is InChI=1S/C14H18N4O2S/c1-3-10-7-5-6-8-11(10)20-9-12(19)15-13-16-14(18-17-13)21-4-2/h5-8H,3-4,9H2,1-2H3,(H2,15,16,17,18,19). The third kappa shape index (κ3) is 4.49. The van der Waals surface area contributed by atoms with Crippen LogP contribution in [0, 0.1) is 0 Å². The highest BCUT2D eigenvalue weighted by Gasteiger charge is 2.09. The summed E-state index contributed by atoms with van der Waals surface area (Å²) in [5.74, 6) is 1.67. The topological polar surface area (TPSA) is 79.9 Å². The molecule has 7 heteroatoms. The summed E-state index contributed by atoms with van der Waals surface area (Å²) in [5, 5.41) is 9.89. The number of benzene rings is 1. The van der Waals surface area contributed by atoms with Crippen molar-refractivity contribution in [1.82, 2.24) is 15.2 Å². The molecule has 0 aliphatic heterocycles. The second-order valence-corrected chi connectivity index (χ2v) is 5.43. The Kier molecular flexibility index (Phi) is 5.62. The molecule has 21 heavy (non-hydrogen) atoms. The number of aryl methyl sites for hydroxylation is 1. The highest BCUT2D eigenvalue weighted by atomic mass is 32.2. The van der Waals surface area contributed by atoms with Crippen LogP contribution in [-0.2, 0) is 11.2 Å². The monoisotopic (exact) mass is 306 g/mol. The number of nitrogens with one attached hydrogen (secondary N) is 2. The van der Waals surface area contributed by atoms with Crippen LogP contribution in [0.25, 0.3) is 0 Å². The van der Waals surface area contributed by atoms with Crippen LogP contribution < -0.4 is 10.1 Å². The Morgan fingerprint density at radius 2 is 2.19 bits per heavy atom. The summed E-state index contributed by atoms with van der Waals surface area (Å²) < 4.78 is 5.54. The van der Waals surface area contributed by atoms with Gasteiger partial charge >= 0.3 is 0 Å². The molecule has 0 aliphatic rings. The van der Waals surface area contributed by atoms with E-state index in [9.17, 15) is 4.79 Å². The molecule has 6 nitrogen and oxygen atoms in total. The SMILES string of the molecule is CCSc1n[nH]c(NC(=O)COc2ccccc2CC)n1. The quantitative estimate of drug-likeness (QED) is 0.768. The van der Waals surface area contributed by atoms with E-state index in [0.717, 1.165) is 23.5 Å². The minimum atomic E-state index is -0.273. The first-order valence-electron chi connectivity index (χ1n) is 6.78. The first-order chi connectivity index (χ1) is 10.2. The molecule has 0 unspecified atom stereocenters. The number of rotatable bonds is 7. The van der Waals surface area contributed by atoms with Crippen molar-refractivity contribution in [2.75, 3.05) is 17.7 Å². The smallest absolute Gasteiger partial charge is 0.264 e. The maximum absolute atomic E-state index is 11.8. The summed E-state index contributed by atoms with van der Waals surface area (Å²) in [5.41, 5.74) is 1.08. The number of ether oxygens (including phenoxy) is 1. The summed E-state index contributed by atoms with van der Waals surface area (Å²) in [6, 6.07) is 7.68. The lowest BCUT2D eigenvalue weighted by Gasteiger charge is -2.09. The van der Waals surface area contributed by atoms with Gasteiger partial charge in [-0.05, 0) is 23.8 Å². The van der Waals surface area contributed by atoms with E-state index >= 15 is 0 Å². The summed E-state index contributed by atoms with van der Waals surface area (Å²) >= 11 is 1.50. The maximum Gasteiger partial charge on any atom is 0.264 e. The average Bonchev–Trinajstić information content (AvgIpc) is 2.93. The molecule has 0 radical (unpaired) electrons. The van der Waals surface area contributed by atoms with Crippen LogP contribution in [0.3, 0.4) is 0 Å². The molecule has 0 saturated carbocycles. The second-order valence-electron chi connectivity index (χ2n) is 4.20. The molecule has 0 saturated heterocycles. The van der Waals surface area contributed by atoms with Gasteiger partial charge in [0.1, 0.15) is 5.75 Å². The van der Waals surface area contributed by atoms with E-state index in [1.165, 1.54) is 11.8 Å². The van der Waals surface area contributed by atoms with Crippen LogP contribution in [0.15, 0.2) is 29.4 Å².